The van der Waals surface area contributed by atoms with Crippen LogP contribution in [0.25, 0.3) is 0 Å². The second-order valence-corrected chi connectivity index (χ2v) is 11.9. The van der Waals surface area contributed by atoms with Gasteiger partial charge in [0.2, 0.25) is 0 Å². The molecule has 3 fully saturated rings. The van der Waals surface area contributed by atoms with Crippen LogP contribution in [-0.2, 0) is 14.4 Å². The number of fused-ring (bicyclic) bond motifs is 5. The number of Topliss-reactive ketones (excluding diaryl/α,β-unsaturated/α-hetero) is 2. The summed E-state index contributed by atoms with van der Waals surface area (Å²) in [4.78, 5) is 38.2. The normalized spacial score (nSPS) is 47.4. The lowest BCUT2D eigenvalue weighted by atomic mass is 9.34. The van der Waals surface area contributed by atoms with E-state index < -0.39 is 11.3 Å². The predicted molar refractivity (Wildman–Crippen MR) is 116 cm³/mol. The van der Waals surface area contributed by atoms with Crippen LogP contribution < -0.4 is 0 Å². The van der Waals surface area contributed by atoms with E-state index >= 15 is 0 Å². The van der Waals surface area contributed by atoms with E-state index in [-0.39, 0.29) is 46.3 Å². The van der Waals surface area contributed by atoms with Gasteiger partial charge in [-0.1, -0.05) is 40.2 Å². The van der Waals surface area contributed by atoms with Crippen molar-refractivity contribution in [2.75, 3.05) is 6.61 Å². The van der Waals surface area contributed by atoms with Gasteiger partial charge in [0.15, 0.2) is 5.78 Å². The summed E-state index contributed by atoms with van der Waals surface area (Å²) in [5.74, 6) is -0.0352. The zero-order valence-electron chi connectivity index (χ0n) is 19.3. The Morgan fingerprint density at radius 2 is 1.83 bits per heavy atom. The van der Waals surface area contributed by atoms with Crippen molar-refractivity contribution in [3.63, 3.8) is 0 Å². The van der Waals surface area contributed by atoms with Crippen molar-refractivity contribution in [2.24, 2.45) is 45.3 Å². The topological polar surface area (TPSA) is 71.4 Å². The SMILES string of the molecule is CC(=O)C1=CC[C@H]2[C@]3(C)CC[C@@H]4C(C)(C)CCC[C@]4(CO)[C@@H]3CC(=O)[C@]2(C)[C@H]1C=O. The molecule has 0 saturated heterocycles. The number of rotatable bonds is 3. The van der Waals surface area contributed by atoms with E-state index in [1.165, 1.54) is 13.3 Å². The number of aldehydes is 1. The summed E-state index contributed by atoms with van der Waals surface area (Å²) in [6, 6.07) is 0. The molecule has 166 valence electrons. The standard InChI is InChI=1S/C26H38O4/c1-16(29)17-7-8-20-24(4)12-9-19-23(2,3)10-6-11-26(19,15-28)21(24)13-22(30)25(20,5)18(17)14-27/h7,14,18-21,28H,6,8-13,15H2,1-5H3/t18-,19+,20-,21+,24-,25+,26+/m0/s1. The van der Waals surface area contributed by atoms with E-state index in [0.717, 1.165) is 32.0 Å². The van der Waals surface area contributed by atoms with Gasteiger partial charge in [-0.25, -0.2) is 0 Å². The number of hydrogen-bond donors (Lipinski definition) is 1. The van der Waals surface area contributed by atoms with Gasteiger partial charge in [0.05, 0.1) is 5.92 Å². The van der Waals surface area contributed by atoms with Crippen LogP contribution >= 0.6 is 0 Å². The summed E-state index contributed by atoms with van der Waals surface area (Å²) < 4.78 is 0. The third-order valence-corrected chi connectivity index (χ3v) is 10.5. The zero-order chi connectivity index (χ0) is 22.1. The molecule has 0 aromatic heterocycles. The van der Waals surface area contributed by atoms with Crippen LogP contribution in [0.1, 0.15) is 79.6 Å². The second kappa shape index (κ2) is 6.85. The van der Waals surface area contributed by atoms with Crippen LogP contribution in [0.3, 0.4) is 0 Å². The molecule has 4 aliphatic rings. The lowest BCUT2D eigenvalue weighted by Crippen LogP contribution is -2.67. The van der Waals surface area contributed by atoms with Crippen molar-refractivity contribution >= 4 is 17.9 Å². The zero-order valence-corrected chi connectivity index (χ0v) is 19.3. The Balaban J connectivity index is 1.84. The minimum absolute atomic E-state index is 0.0314. The minimum Gasteiger partial charge on any atom is -0.396 e. The molecule has 4 rings (SSSR count). The third-order valence-electron chi connectivity index (χ3n) is 10.5. The molecular formula is C26H38O4. The number of aliphatic hydroxyl groups excluding tert-OH is 1. The Morgan fingerprint density at radius 3 is 2.43 bits per heavy atom. The fourth-order valence-corrected chi connectivity index (χ4v) is 9.00. The molecular weight excluding hydrogens is 376 g/mol. The first kappa shape index (κ1) is 21.9. The van der Waals surface area contributed by atoms with Crippen molar-refractivity contribution in [2.45, 2.75) is 79.6 Å². The average Bonchev–Trinajstić information content (AvgIpc) is 2.68. The molecule has 0 spiro atoms. The molecule has 0 aromatic rings. The van der Waals surface area contributed by atoms with Crippen LogP contribution in [0.4, 0.5) is 0 Å². The lowest BCUT2D eigenvalue weighted by Gasteiger charge is -2.69. The first-order chi connectivity index (χ1) is 14.0. The van der Waals surface area contributed by atoms with Gasteiger partial charge in [-0.15, -0.1) is 0 Å². The van der Waals surface area contributed by atoms with Crippen LogP contribution in [0, 0.1) is 45.3 Å². The fraction of sp³-hybridized carbons (Fsp3) is 0.808. The summed E-state index contributed by atoms with van der Waals surface area (Å²) in [6.45, 7) is 10.6. The van der Waals surface area contributed by atoms with Crippen LogP contribution in [0.2, 0.25) is 0 Å². The maximum Gasteiger partial charge on any atom is 0.156 e. The maximum atomic E-state index is 13.8. The smallest absolute Gasteiger partial charge is 0.156 e. The number of hydrogen-bond acceptors (Lipinski definition) is 4. The van der Waals surface area contributed by atoms with Crippen molar-refractivity contribution in [1.82, 2.24) is 0 Å². The molecule has 30 heavy (non-hydrogen) atoms. The molecule has 7 atom stereocenters. The number of carbonyl (C=O) groups excluding carboxylic acids is 3. The summed E-state index contributed by atoms with van der Waals surface area (Å²) in [5, 5.41) is 10.8. The number of aliphatic hydroxyl groups is 1. The minimum atomic E-state index is -0.823. The number of ketones is 2. The highest BCUT2D eigenvalue weighted by Gasteiger charge is 2.69. The van der Waals surface area contributed by atoms with E-state index in [2.05, 4.69) is 20.8 Å². The summed E-state index contributed by atoms with van der Waals surface area (Å²) in [5.41, 5.74) is -0.465. The van der Waals surface area contributed by atoms with Crippen LogP contribution in [0.15, 0.2) is 11.6 Å². The summed E-state index contributed by atoms with van der Waals surface area (Å²) >= 11 is 0. The Hall–Kier alpha value is -1.29. The van der Waals surface area contributed by atoms with Gasteiger partial charge in [0.25, 0.3) is 0 Å². The van der Waals surface area contributed by atoms with Crippen LogP contribution in [0.5, 0.6) is 0 Å². The van der Waals surface area contributed by atoms with Gasteiger partial charge in [-0.3, -0.25) is 9.59 Å². The van der Waals surface area contributed by atoms with Crippen molar-refractivity contribution in [3.05, 3.63) is 11.6 Å². The Bertz CT molecular complexity index is 810. The van der Waals surface area contributed by atoms with Gasteiger partial charge in [-0.2, -0.15) is 0 Å². The highest BCUT2D eigenvalue weighted by molar-refractivity contribution is 6.01. The third kappa shape index (κ3) is 2.58. The maximum absolute atomic E-state index is 13.8. The van der Waals surface area contributed by atoms with E-state index in [1.54, 1.807) is 0 Å². The van der Waals surface area contributed by atoms with Gasteiger partial charge in [0.1, 0.15) is 12.1 Å². The summed E-state index contributed by atoms with van der Waals surface area (Å²) in [7, 11) is 0. The molecule has 0 amide bonds. The molecule has 0 aromatic carbocycles. The monoisotopic (exact) mass is 414 g/mol. The quantitative estimate of drug-likeness (QED) is 0.689. The first-order valence-electron chi connectivity index (χ1n) is 11.8. The Labute approximate surface area is 180 Å². The highest BCUT2D eigenvalue weighted by Crippen LogP contribution is 2.72. The van der Waals surface area contributed by atoms with Gasteiger partial charge >= 0.3 is 0 Å². The van der Waals surface area contributed by atoms with Crippen LogP contribution in [-0.4, -0.2) is 29.6 Å². The molecule has 0 aliphatic heterocycles. The van der Waals surface area contributed by atoms with Crippen molar-refractivity contribution in [3.8, 4) is 0 Å². The molecule has 0 bridgehead atoms. The van der Waals surface area contributed by atoms with Gasteiger partial charge in [-0.05, 0) is 67.6 Å². The van der Waals surface area contributed by atoms with E-state index in [9.17, 15) is 19.5 Å². The van der Waals surface area contributed by atoms with Gasteiger partial charge < -0.3 is 9.90 Å². The van der Waals surface area contributed by atoms with E-state index in [4.69, 9.17) is 0 Å². The largest absolute Gasteiger partial charge is 0.396 e. The van der Waals surface area contributed by atoms with Crippen molar-refractivity contribution in [1.29, 1.82) is 0 Å². The van der Waals surface area contributed by atoms with Crippen molar-refractivity contribution < 1.29 is 19.5 Å². The van der Waals surface area contributed by atoms with E-state index in [1.807, 2.05) is 13.0 Å². The summed E-state index contributed by atoms with van der Waals surface area (Å²) in [6.07, 6.45) is 9.23. The molecule has 4 heteroatoms. The number of carbonyl (C=O) groups is 3. The average molecular weight is 415 g/mol. The Morgan fingerprint density at radius 1 is 1.13 bits per heavy atom. The molecule has 1 N–H and O–H groups in total. The molecule has 4 nitrogen and oxygen atoms in total. The lowest BCUT2D eigenvalue weighted by molar-refractivity contribution is -0.213. The predicted octanol–water partition coefficient (Wildman–Crippen LogP) is 4.54. The molecule has 0 radical (unpaired) electrons. The number of allylic oxidation sites excluding steroid dienone is 2. The molecule has 3 saturated carbocycles. The second-order valence-electron chi connectivity index (χ2n) is 11.9. The molecule has 4 aliphatic carbocycles. The first-order valence-corrected chi connectivity index (χ1v) is 11.8. The molecule has 0 unspecified atom stereocenters. The van der Waals surface area contributed by atoms with Gasteiger partial charge in [0, 0.05) is 29.4 Å². The van der Waals surface area contributed by atoms with E-state index in [0.29, 0.717) is 24.3 Å². The highest BCUT2D eigenvalue weighted by atomic mass is 16.3. The fourth-order valence-electron chi connectivity index (χ4n) is 9.00. The Kier molecular flexibility index (Phi) is 5.01. The molecule has 0 heterocycles.